The molecule has 2 N–H and O–H groups in total. The molecular weight excluding hydrogens is 455 g/mol. The van der Waals surface area contributed by atoms with Gasteiger partial charge >= 0.3 is 5.97 Å². The lowest BCUT2D eigenvalue weighted by molar-refractivity contribution is -0.119. The van der Waals surface area contributed by atoms with Crippen LogP contribution in [0.2, 0.25) is 10.2 Å². The molecule has 10 heteroatoms. The summed E-state index contributed by atoms with van der Waals surface area (Å²) in [5.41, 5.74) is 2.34. The number of halogens is 2. The van der Waals surface area contributed by atoms with E-state index in [1.54, 1.807) is 37.3 Å². The molecule has 8 nitrogen and oxygen atoms in total. The summed E-state index contributed by atoms with van der Waals surface area (Å²) in [6.45, 7) is 2.81. The molecule has 0 radical (unpaired) electrons. The summed E-state index contributed by atoms with van der Waals surface area (Å²) in [6, 6.07) is 13.7. The molecule has 32 heavy (non-hydrogen) atoms. The van der Waals surface area contributed by atoms with E-state index in [1.165, 1.54) is 11.6 Å². The predicted octanol–water partition coefficient (Wildman–Crippen LogP) is 4.30. The summed E-state index contributed by atoms with van der Waals surface area (Å²) in [4.78, 5) is 35.7. The van der Waals surface area contributed by atoms with Gasteiger partial charge in [-0.15, -0.1) is 0 Å². The largest absolute Gasteiger partial charge is 0.452 e. The number of esters is 1. The van der Waals surface area contributed by atoms with Crippen molar-refractivity contribution < 1.29 is 19.1 Å². The van der Waals surface area contributed by atoms with Crippen molar-refractivity contribution in [1.29, 1.82) is 0 Å². The molecule has 0 saturated carbocycles. The summed E-state index contributed by atoms with van der Waals surface area (Å²) < 4.78 is 6.57. The zero-order valence-corrected chi connectivity index (χ0v) is 18.8. The zero-order chi connectivity index (χ0) is 23.3. The lowest BCUT2D eigenvalue weighted by Gasteiger charge is -2.08. The number of carbonyl (C=O) groups excluding carboxylic acids is 3. The second kappa shape index (κ2) is 10.3. The van der Waals surface area contributed by atoms with E-state index >= 15 is 0 Å². The van der Waals surface area contributed by atoms with Crippen LogP contribution in [-0.4, -0.2) is 34.2 Å². The van der Waals surface area contributed by atoms with E-state index in [0.29, 0.717) is 22.1 Å². The van der Waals surface area contributed by atoms with Crippen LogP contribution in [0.4, 0.5) is 11.4 Å². The van der Waals surface area contributed by atoms with Gasteiger partial charge in [-0.25, -0.2) is 9.48 Å². The van der Waals surface area contributed by atoms with Crippen molar-refractivity contribution in [2.45, 2.75) is 20.4 Å². The minimum absolute atomic E-state index is 0.0891. The average Bonchev–Trinajstić information content (AvgIpc) is 3.02. The van der Waals surface area contributed by atoms with E-state index in [9.17, 15) is 14.4 Å². The van der Waals surface area contributed by atoms with E-state index in [4.69, 9.17) is 27.9 Å². The summed E-state index contributed by atoms with van der Waals surface area (Å²) in [5.74, 6) is -1.48. The third-order valence-electron chi connectivity index (χ3n) is 4.37. The molecule has 0 aliphatic heterocycles. The Balaban J connectivity index is 1.60. The standard InChI is InChI=1S/C22H20Cl2N4O4/c1-13-20(21(24)28(27-13)11-15-5-3-4-6-18(15)23)22(31)32-12-19(30)26-17-9-7-16(8-10-17)25-14(2)29/h3-10H,11-12H2,1-2H3,(H,25,29)(H,26,30). The Kier molecular flexibility index (Phi) is 7.50. The fourth-order valence-electron chi connectivity index (χ4n) is 2.92. The van der Waals surface area contributed by atoms with Crippen LogP contribution in [0.15, 0.2) is 48.5 Å². The normalized spacial score (nSPS) is 10.5. The Morgan fingerprint density at radius 2 is 1.62 bits per heavy atom. The molecule has 3 rings (SSSR count). The molecule has 166 valence electrons. The Morgan fingerprint density at radius 1 is 1.00 bits per heavy atom. The Morgan fingerprint density at radius 3 is 2.25 bits per heavy atom. The first kappa shape index (κ1) is 23.3. The molecule has 3 aromatic rings. The molecule has 0 spiro atoms. The van der Waals surface area contributed by atoms with Crippen LogP contribution >= 0.6 is 23.2 Å². The smallest absolute Gasteiger partial charge is 0.343 e. The van der Waals surface area contributed by atoms with Gasteiger partial charge in [-0.2, -0.15) is 5.10 Å². The highest BCUT2D eigenvalue weighted by Crippen LogP contribution is 2.24. The van der Waals surface area contributed by atoms with Gasteiger partial charge in [0.1, 0.15) is 10.7 Å². The Bertz CT molecular complexity index is 1160. The van der Waals surface area contributed by atoms with Gasteiger partial charge in [-0.1, -0.05) is 41.4 Å². The Labute approximate surface area is 194 Å². The van der Waals surface area contributed by atoms with Crippen molar-refractivity contribution >= 4 is 52.4 Å². The summed E-state index contributed by atoms with van der Waals surface area (Å²) in [5, 5.41) is 10.2. The van der Waals surface area contributed by atoms with Gasteiger partial charge in [-0.05, 0) is 42.8 Å². The number of nitrogens with one attached hydrogen (secondary N) is 2. The summed E-state index contributed by atoms with van der Waals surface area (Å²) >= 11 is 12.5. The van der Waals surface area contributed by atoms with Gasteiger partial charge < -0.3 is 15.4 Å². The van der Waals surface area contributed by atoms with Crippen molar-refractivity contribution in [1.82, 2.24) is 9.78 Å². The van der Waals surface area contributed by atoms with Crippen LogP contribution in [-0.2, 0) is 20.9 Å². The van der Waals surface area contributed by atoms with Crippen LogP contribution in [0.3, 0.4) is 0 Å². The maximum Gasteiger partial charge on any atom is 0.343 e. The quantitative estimate of drug-likeness (QED) is 0.496. The number of amides is 2. The van der Waals surface area contributed by atoms with Crippen molar-refractivity contribution in [3.05, 3.63) is 75.5 Å². The van der Waals surface area contributed by atoms with Crippen LogP contribution in [0.25, 0.3) is 0 Å². The van der Waals surface area contributed by atoms with Crippen molar-refractivity contribution in [3.8, 4) is 0 Å². The van der Waals surface area contributed by atoms with Crippen molar-refractivity contribution in [2.24, 2.45) is 0 Å². The number of hydrogen-bond donors (Lipinski definition) is 2. The molecular formula is C22H20Cl2N4O4. The summed E-state index contributed by atoms with van der Waals surface area (Å²) in [7, 11) is 0. The first-order valence-electron chi connectivity index (χ1n) is 9.55. The topological polar surface area (TPSA) is 102 Å². The molecule has 0 aliphatic rings. The summed E-state index contributed by atoms with van der Waals surface area (Å²) in [6.07, 6.45) is 0. The van der Waals surface area contributed by atoms with Gasteiger partial charge in [0.2, 0.25) is 5.91 Å². The van der Waals surface area contributed by atoms with Crippen LogP contribution in [0.1, 0.15) is 28.5 Å². The van der Waals surface area contributed by atoms with E-state index in [1.807, 2.05) is 18.2 Å². The lowest BCUT2D eigenvalue weighted by Crippen LogP contribution is -2.21. The van der Waals surface area contributed by atoms with Gasteiger partial charge in [0.25, 0.3) is 5.91 Å². The molecule has 0 aliphatic carbocycles. The molecule has 0 unspecified atom stereocenters. The van der Waals surface area contributed by atoms with Crippen molar-refractivity contribution in [3.63, 3.8) is 0 Å². The number of aromatic nitrogens is 2. The second-order valence-corrected chi connectivity index (χ2v) is 7.65. The highest BCUT2D eigenvalue weighted by Gasteiger charge is 2.23. The van der Waals surface area contributed by atoms with E-state index in [0.717, 1.165) is 5.56 Å². The highest BCUT2D eigenvalue weighted by molar-refractivity contribution is 6.33. The second-order valence-electron chi connectivity index (χ2n) is 6.88. The van der Waals surface area contributed by atoms with E-state index in [2.05, 4.69) is 15.7 Å². The number of benzene rings is 2. The maximum atomic E-state index is 12.5. The van der Waals surface area contributed by atoms with E-state index < -0.39 is 18.5 Å². The van der Waals surface area contributed by atoms with Crippen molar-refractivity contribution in [2.75, 3.05) is 17.2 Å². The zero-order valence-electron chi connectivity index (χ0n) is 17.3. The van der Waals surface area contributed by atoms with Gasteiger partial charge in [-0.3, -0.25) is 9.59 Å². The highest BCUT2D eigenvalue weighted by atomic mass is 35.5. The fraction of sp³-hybridized carbons (Fsp3) is 0.182. The van der Waals surface area contributed by atoms with Gasteiger partial charge in [0.05, 0.1) is 12.2 Å². The fourth-order valence-corrected chi connectivity index (χ4v) is 3.43. The number of nitrogens with zero attached hydrogens (tertiary/aromatic N) is 2. The monoisotopic (exact) mass is 474 g/mol. The first-order chi connectivity index (χ1) is 15.2. The minimum Gasteiger partial charge on any atom is -0.452 e. The van der Waals surface area contributed by atoms with Crippen LogP contribution in [0.5, 0.6) is 0 Å². The van der Waals surface area contributed by atoms with E-state index in [-0.39, 0.29) is 23.2 Å². The molecule has 0 bridgehead atoms. The molecule has 2 aromatic carbocycles. The molecule has 0 fully saturated rings. The molecule has 1 heterocycles. The van der Waals surface area contributed by atoms with Gasteiger partial charge in [0.15, 0.2) is 6.61 Å². The molecule has 0 saturated heterocycles. The number of aryl methyl sites for hydroxylation is 1. The van der Waals surface area contributed by atoms with Crippen LogP contribution in [0, 0.1) is 6.92 Å². The minimum atomic E-state index is -0.755. The third-order valence-corrected chi connectivity index (χ3v) is 5.12. The number of anilines is 2. The number of ether oxygens (including phenoxy) is 1. The predicted molar refractivity (Wildman–Crippen MR) is 122 cm³/mol. The number of hydrogen-bond acceptors (Lipinski definition) is 5. The Hall–Kier alpha value is -3.36. The molecule has 0 atom stereocenters. The maximum absolute atomic E-state index is 12.5. The molecule has 2 amide bonds. The SMILES string of the molecule is CC(=O)Nc1ccc(NC(=O)COC(=O)c2c(C)nn(Cc3ccccc3Cl)c2Cl)cc1. The average molecular weight is 475 g/mol. The number of carbonyl (C=O) groups is 3. The molecule has 1 aromatic heterocycles. The van der Waals surface area contributed by atoms with Gasteiger partial charge in [0, 0.05) is 23.3 Å². The third kappa shape index (κ3) is 5.87. The number of rotatable bonds is 7. The first-order valence-corrected chi connectivity index (χ1v) is 10.3. The lowest BCUT2D eigenvalue weighted by atomic mass is 10.2. The van der Waals surface area contributed by atoms with Crippen LogP contribution < -0.4 is 10.6 Å².